The third kappa shape index (κ3) is 3.01. The summed E-state index contributed by atoms with van der Waals surface area (Å²) in [5.41, 5.74) is 8.77. The normalized spacial score (nSPS) is 15.0. The summed E-state index contributed by atoms with van der Waals surface area (Å²) in [4.78, 5) is 4.72. The Labute approximate surface area is 130 Å². The minimum absolute atomic E-state index is 0.0830. The lowest BCUT2D eigenvalue weighted by atomic mass is 9.95. The second-order valence-corrected chi connectivity index (χ2v) is 7.25. The Morgan fingerprint density at radius 3 is 2.90 bits per heavy atom. The fraction of sp³-hybridized carbons (Fsp3) is 0.385. The molecule has 0 amide bonds. The van der Waals surface area contributed by atoms with E-state index < -0.39 is 0 Å². The molecular formula is C13H15N5OS2. The third-order valence-corrected chi connectivity index (χ3v) is 5.24. The number of nitrogens with two attached hydrogens (primary N) is 1. The Bertz CT molecular complexity index is 698. The van der Waals surface area contributed by atoms with E-state index in [9.17, 15) is 0 Å². The highest BCUT2D eigenvalue weighted by Gasteiger charge is 2.19. The van der Waals surface area contributed by atoms with Gasteiger partial charge in [0.25, 0.3) is 0 Å². The number of nitrogens with zero attached hydrogens (tertiary/aromatic N) is 4. The number of oxime groups is 1. The zero-order valence-corrected chi connectivity index (χ0v) is 13.2. The maximum absolute atomic E-state index is 8.99. The number of aromatic nitrogens is 3. The summed E-state index contributed by atoms with van der Waals surface area (Å²) in [6, 6.07) is 1.99. The number of pyridine rings is 1. The molecular weight excluding hydrogens is 306 g/mol. The minimum Gasteiger partial charge on any atom is -0.409 e. The summed E-state index contributed by atoms with van der Waals surface area (Å²) in [6.07, 6.45) is 4.29. The van der Waals surface area contributed by atoms with Crippen LogP contribution in [0, 0.1) is 6.92 Å². The molecule has 3 rings (SSSR count). The fourth-order valence-corrected chi connectivity index (χ4v) is 4.19. The van der Waals surface area contributed by atoms with Crippen LogP contribution in [-0.2, 0) is 12.8 Å². The van der Waals surface area contributed by atoms with Gasteiger partial charge in [0, 0.05) is 5.69 Å². The average molecular weight is 321 g/mol. The molecule has 0 fully saturated rings. The molecule has 0 saturated carbocycles. The predicted octanol–water partition coefficient (Wildman–Crippen LogP) is 2.37. The van der Waals surface area contributed by atoms with E-state index in [-0.39, 0.29) is 5.84 Å². The van der Waals surface area contributed by atoms with Gasteiger partial charge in [-0.2, -0.15) is 0 Å². The molecule has 1 aliphatic rings. The van der Waals surface area contributed by atoms with Crippen molar-refractivity contribution in [2.24, 2.45) is 10.9 Å². The lowest BCUT2D eigenvalue weighted by molar-refractivity contribution is 0.318. The average Bonchev–Trinajstić information content (AvgIpc) is 2.91. The van der Waals surface area contributed by atoms with Crippen molar-refractivity contribution in [1.82, 2.24) is 15.2 Å². The van der Waals surface area contributed by atoms with Crippen molar-refractivity contribution in [1.29, 1.82) is 0 Å². The van der Waals surface area contributed by atoms with E-state index >= 15 is 0 Å². The van der Waals surface area contributed by atoms with E-state index in [1.165, 1.54) is 28.7 Å². The molecule has 0 aliphatic heterocycles. The van der Waals surface area contributed by atoms with Gasteiger partial charge >= 0.3 is 0 Å². The standard InChI is InChI=1S/C13H15N5OS2/c1-7-16-17-13(20-7)21-12-9(11(14)18-19)6-8-4-2-3-5-10(8)15-12/h6,19H,2-5H2,1H3,(H2,14,18). The number of aryl methyl sites for hydroxylation is 3. The van der Waals surface area contributed by atoms with Crippen LogP contribution in [-0.4, -0.2) is 26.2 Å². The summed E-state index contributed by atoms with van der Waals surface area (Å²) >= 11 is 2.92. The molecule has 2 heterocycles. The predicted molar refractivity (Wildman–Crippen MR) is 82.2 cm³/mol. The maximum Gasteiger partial charge on any atom is 0.180 e. The van der Waals surface area contributed by atoms with E-state index in [0.717, 1.165) is 45.8 Å². The smallest absolute Gasteiger partial charge is 0.180 e. The van der Waals surface area contributed by atoms with Crippen LogP contribution in [0.2, 0.25) is 0 Å². The van der Waals surface area contributed by atoms with E-state index in [0.29, 0.717) is 5.56 Å². The quantitative estimate of drug-likeness (QED) is 0.390. The largest absolute Gasteiger partial charge is 0.409 e. The Hall–Kier alpha value is -1.67. The van der Waals surface area contributed by atoms with Gasteiger partial charge in [0.1, 0.15) is 10.0 Å². The Morgan fingerprint density at radius 1 is 1.38 bits per heavy atom. The third-order valence-electron chi connectivity index (χ3n) is 3.34. The van der Waals surface area contributed by atoms with Crippen molar-refractivity contribution in [3.8, 4) is 0 Å². The highest BCUT2D eigenvalue weighted by molar-refractivity contribution is 8.01. The van der Waals surface area contributed by atoms with Crippen molar-refractivity contribution in [2.45, 2.75) is 42.0 Å². The summed E-state index contributed by atoms with van der Waals surface area (Å²) in [5, 5.41) is 21.8. The molecule has 2 aromatic heterocycles. The van der Waals surface area contributed by atoms with Crippen LogP contribution in [0.25, 0.3) is 0 Å². The van der Waals surface area contributed by atoms with E-state index in [4.69, 9.17) is 15.9 Å². The second-order valence-electron chi connectivity index (χ2n) is 4.83. The van der Waals surface area contributed by atoms with Crippen molar-refractivity contribution in [3.63, 3.8) is 0 Å². The van der Waals surface area contributed by atoms with Crippen molar-refractivity contribution < 1.29 is 5.21 Å². The van der Waals surface area contributed by atoms with Gasteiger partial charge in [-0.05, 0) is 56.0 Å². The zero-order valence-electron chi connectivity index (χ0n) is 11.5. The van der Waals surface area contributed by atoms with Crippen molar-refractivity contribution >= 4 is 28.9 Å². The van der Waals surface area contributed by atoms with E-state index in [1.807, 2.05) is 13.0 Å². The molecule has 0 unspecified atom stereocenters. The van der Waals surface area contributed by atoms with Gasteiger partial charge in [0.15, 0.2) is 10.2 Å². The maximum atomic E-state index is 8.99. The lowest BCUT2D eigenvalue weighted by Gasteiger charge is -2.17. The van der Waals surface area contributed by atoms with Gasteiger partial charge in [0.05, 0.1) is 5.56 Å². The molecule has 3 N–H and O–H groups in total. The van der Waals surface area contributed by atoms with Crippen LogP contribution in [0.3, 0.4) is 0 Å². The van der Waals surface area contributed by atoms with Gasteiger partial charge in [0.2, 0.25) is 0 Å². The van der Waals surface area contributed by atoms with Crippen LogP contribution in [0.4, 0.5) is 0 Å². The summed E-state index contributed by atoms with van der Waals surface area (Å²) in [6.45, 7) is 1.91. The topological polar surface area (TPSA) is 97.3 Å². The number of amidine groups is 1. The molecule has 0 radical (unpaired) electrons. The van der Waals surface area contributed by atoms with Gasteiger partial charge in [-0.3, -0.25) is 0 Å². The second kappa shape index (κ2) is 5.98. The minimum atomic E-state index is 0.0830. The van der Waals surface area contributed by atoms with Gasteiger partial charge in [-0.1, -0.05) is 16.5 Å². The number of hydrogen-bond acceptors (Lipinski definition) is 7. The lowest BCUT2D eigenvalue weighted by Crippen LogP contribution is -2.17. The summed E-state index contributed by atoms with van der Waals surface area (Å²) in [5.74, 6) is 0.0830. The van der Waals surface area contributed by atoms with Gasteiger partial charge in [-0.15, -0.1) is 10.2 Å². The van der Waals surface area contributed by atoms with E-state index in [2.05, 4.69) is 15.4 Å². The van der Waals surface area contributed by atoms with Crippen LogP contribution >= 0.6 is 23.1 Å². The first kappa shape index (κ1) is 14.3. The molecule has 0 bridgehead atoms. The number of fused-ring (bicyclic) bond motifs is 1. The number of rotatable bonds is 3. The molecule has 1 aliphatic carbocycles. The molecule has 21 heavy (non-hydrogen) atoms. The first-order valence-electron chi connectivity index (χ1n) is 6.66. The molecule has 0 spiro atoms. The molecule has 6 nitrogen and oxygen atoms in total. The SMILES string of the molecule is Cc1nnc(Sc2nc3c(cc2C(N)=NO)CCCC3)s1. The summed E-state index contributed by atoms with van der Waals surface area (Å²) in [7, 11) is 0. The van der Waals surface area contributed by atoms with Gasteiger partial charge < -0.3 is 10.9 Å². The first-order valence-corrected chi connectivity index (χ1v) is 8.29. The number of hydrogen-bond donors (Lipinski definition) is 2. The molecule has 0 aromatic carbocycles. The highest BCUT2D eigenvalue weighted by atomic mass is 32.2. The molecule has 0 atom stereocenters. The highest BCUT2D eigenvalue weighted by Crippen LogP contribution is 2.33. The fourth-order valence-electron chi connectivity index (χ4n) is 2.33. The van der Waals surface area contributed by atoms with Crippen LogP contribution < -0.4 is 5.73 Å². The van der Waals surface area contributed by atoms with Crippen LogP contribution in [0.5, 0.6) is 0 Å². The Balaban J connectivity index is 2.03. The van der Waals surface area contributed by atoms with Crippen LogP contribution in [0.1, 0.15) is 34.7 Å². The Morgan fingerprint density at radius 2 is 2.19 bits per heavy atom. The molecule has 2 aromatic rings. The van der Waals surface area contributed by atoms with Gasteiger partial charge in [-0.25, -0.2) is 4.98 Å². The Kier molecular flexibility index (Phi) is 4.07. The molecule has 110 valence electrons. The van der Waals surface area contributed by atoms with Crippen molar-refractivity contribution in [3.05, 3.63) is 27.9 Å². The molecule has 8 heteroatoms. The summed E-state index contributed by atoms with van der Waals surface area (Å²) < 4.78 is 0.808. The first-order chi connectivity index (χ1) is 10.2. The van der Waals surface area contributed by atoms with Crippen molar-refractivity contribution in [2.75, 3.05) is 0 Å². The zero-order chi connectivity index (χ0) is 14.8. The molecule has 0 saturated heterocycles. The van der Waals surface area contributed by atoms with E-state index in [1.54, 1.807) is 0 Å². The monoisotopic (exact) mass is 321 g/mol. The van der Waals surface area contributed by atoms with Crippen LogP contribution in [0.15, 0.2) is 20.6 Å².